The van der Waals surface area contributed by atoms with Crippen LogP contribution >= 0.6 is 0 Å². The molecule has 1 saturated heterocycles. The number of aromatic carboxylic acids is 1. The summed E-state index contributed by atoms with van der Waals surface area (Å²) in [6.45, 7) is 4.34. The van der Waals surface area contributed by atoms with Gasteiger partial charge in [-0.05, 0) is 34.9 Å². The molecule has 0 atom stereocenters. The third-order valence-corrected chi connectivity index (χ3v) is 4.23. The normalized spacial score (nSPS) is 15.2. The lowest BCUT2D eigenvalue weighted by Gasteiger charge is -2.26. The first-order valence-electron chi connectivity index (χ1n) is 7.98. The van der Waals surface area contributed by atoms with Crippen LogP contribution in [0.4, 0.5) is 0 Å². The molecule has 24 heavy (non-hydrogen) atoms. The average molecular weight is 327 g/mol. The van der Waals surface area contributed by atoms with E-state index in [-0.39, 0.29) is 5.56 Å². The minimum absolute atomic E-state index is 0.275. The van der Waals surface area contributed by atoms with E-state index in [0.717, 1.165) is 38.4 Å². The van der Waals surface area contributed by atoms with E-state index in [0.29, 0.717) is 11.3 Å². The smallest absolute Gasteiger partial charge is 0.336 e. The van der Waals surface area contributed by atoms with Gasteiger partial charge in [0.25, 0.3) is 0 Å². The summed E-state index contributed by atoms with van der Waals surface area (Å²) in [6, 6.07) is 13.1. The molecule has 0 spiro atoms. The zero-order valence-corrected chi connectivity index (χ0v) is 13.7. The van der Waals surface area contributed by atoms with E-state index in [1.54, 1.807) is 25.3 Å². The van der Waals surface area contributed by atoms with Crippen LogP contribution in [0.5, 0.6) is 5.75 Å². The van der Waals surface area contributed by atoms with Crippen LogP contribution in [0.3, 0.4) is 0 Å². The number of nitrogens with zero attached hydrogens (tertiary/aromatic N) is 1. The van der Waals surface area contributed by atoms with Crippen LogP contribution in [-0.2, 0) is 11.3 Å². The molecule has 126 valence electrons. The summed E-state index contributed by atoms with van der Waals surface area (Å²) >= 11 is 0. The van der Waals surface area contributed by atoms with E-state index in [1.165, 1.54) is 5.56 Å². The molecule has 1 aliphatic rings. The lowest BCUT2D eigenvalue weighted by molar-refractivity contribution is 0.0342. The van der Waals surface area contributed by atoms with Gasteiger partial charge in [0.1, 0.15) is 5.75 Å². The van der Waals surface area contributed by atoms with Crippen molar-refractivity contribution in [2.24, 2.45) is 0 Å². The maximum Gasteiger partial charge on any atom is 0.336 e. The zero-order chi connectivity index (χ0) is 16.9. The Balaban J connectivity index is 1.83. The van der Waals surface area contributed by atoms with Crippen LogP contribution in [-0.4, -0.2) is 49.4 Å². The Labute approximate surface area is 141 Å². The minimum Gasteiger partial charge on any atom is -0.497 e. The van der Waals surface area contributed by atoms with E-state index in [1.807, 2.05) is 12.1 Å². The highest BCUT2D eigenvalue weighted by atomic mass is 16.5. The predicted molar refractivity (Wildman–Crippen MR) is 91.5 cm³/mol. The van der Waals surface area contributed by atoms with Gasteiger partial charge in [-0.2, -0.15) is 0 Å². The molecule has 1 N–H and O–H groups in total. The molecule has 0 amide bonds. The van der Waals surface area contributed by atoms with Crippen molar-refractivity contribution in [3.05, 3.63) is 53.6 Å². The van der Waals surface area contributed by atoms with Gasteiger partial charge in [-0.15, -0.1) is 0 Å². The van der Waals surface area contributed by atoms with Crippen LogP contribution in [0.25, 0.3) is 11.1 Å². The van der Waals surface area contributed by atoms with Gasteiger partial charge in [-0.1, -0.05) is 24.3 Å². The summed E-state index contributed by atoms with van der Waals surface area (Å²) in [5, 5.41) is 9.40. The molecule has 5 heteroatoms. The molecular weight excluding hydrogens is 306 g/mol. The predicted octanol–water partition coefficient (Wildman–Crippen LogP) is 2.89. The van der Waals surface area contributed by atoms with Crippen LogP contribution in [0, 0.1) is 0 Å². The summed E-state index contributed by atoms with van der Waals surface area (Å²) < 4.78 is 10.6. The Morgan fingerprint density at radius 3 is 2.50 bits per heavy atom. The lowest BCUT2D eigenvalue weighted by Crippen LogP contribution is -2.35. The molecular formula is C19H21NO4. The number of carboxylic acids is 1. The van der Waals surface area contributed by atoms with Crippen molar-refractivity contribution in [1.82, 2.24) is 4.90 Å². The third-order valence-electron chi connectivity index (χ3n) is 4.23. The van der Waals surface area contributed by atoms with Crippen molar-refractivity contribution in [2.45, 2.75) is 6.54 Å². The molecule has 1 aliphatic heterocycles. The number of rotatable bonds is 5. The first-order chi connectivity index (χ1) is 11.7. The second-order valence-electron chi connectivity index (χ2n) is 5.80. The van der Waals surface area contributed by atoms with E-state index < -0.39 is 5.97 Å². The molecule has 0 unspecified atom stereocenters. The topological polar surface area (TPSA) is 59.0 Å². The number of morpholine rings is 1. The van der Waals surface area contributed by atoms with Gasteiger partial charge in [-0.3, -0.25) is 4.90 Å². The van der Waals surface area contributed by atoms with Crippen LogP contribution in [0.2, 0.25) is 0 Å². The van der Waals surface area contributed by atoms with E-state index in [9.17, 15) is 9.90 Å². The highest BCUT2D eigenvalue weighted by Crippen LogP contribution is 2.28. The summed E-state index contributed by atoms with van der Waals surface area (Å²) in [6.07, 6.45) is 0. The third kappa shape index (κ3) is 3.75. The summed E-state index contributed by atoms with van der Waals surface area (Å²) in [5.41, 5.74) is 3.02. The monoisotopic (exact) mass is 327 g/mol. The number of methoxy groups -OCH3 is 1. The summed E-state index contributed by atoms with van der Waals surface area (Å²) in [7, 11) is 1.57. The van der Waals surface area contributed by atoms with Crippen molar-refractivity contribution < 1.29 is 19.4 Å². The quantitative estimate of drug-likeness (QED) is 0.915. The van der Waals surface area contributed by atoms with Gasteiger partial charge in [0.2, 0.25) is 0 Å². The van der Waals surface area contributed by atoms with E-state index in [2.05, 4.69) is 17.0 Å². The molecule has 0 aromatic heterocycles. The Morgan fingerprint density at radius 2 is 1.88 bits per heavy atom. The van der Waals surface area contributed by atoms with Gasteiger partial charge in [0, 0.05) is 19.6 Å². The fourth-order valence-corrected chi connectivity index (χ4v) is 2.88. The Morgan fingerprint density at radius 1 is 1.17 bits per heavy atom. The number of carboxylic acid groups (broad SMARTS) is 1. The van der Waals surface area contributed by atoms with E-state index in [4.69, 9.17) is 9.47 Å². The molecule has 2 aromatic carbocycles. The molecule has 3 rings (SSSR count). The largest absolute Gasteiger partial charge is 0.497 e. The Bertz CT molecular complexity index is 706. The van der Waals surface area contributed by atoms with Gasteiger partial charge in [0.15, 0.2) is 0 Å². The van der Waals surface area contributed by atoms with Crippen molar-refractivity contribution in [2.75, 3.05) is 33.4 Å². The first kappa shape index (κ1) is 16.5. The summed E-state index contributed by atoms with van der Waals surface area (Å²) in [4.78, 5) is 13.8. The minimum atomic E-state index is -0.940. The SMILES string of the molecule is COc1ccc(C(=O)O)c(-c2ccc(CN3CCOCC3)cc2)c1. The van der Waals surface area contributed by atoms with Crippen LogP contribution < -0.4 is 4.74 Å². The van der Waals surface area contributed by atoms with Crippen LogP contribution in [0.1, 0.15) is 15.9 Å². The molecule has 1 heterocycles. The standard InChI is InChI=1S/C19H21NO4/c1-23-16-6-7-17(19(21)22)18(12-16)15-4-2-14(3-5-15)13-20-8-10-24-11-9-20/h2-7,12H,8-11,13H2,1H3,(H,21,22). The molecule has 0 bridgehead atoms. The number of carbonyl (C=O) groups is 1. The maximum atomic E-state index is 11.5. The van der Waals surface area contributed by atoms with Crippen LogP contribution in [0.15, 0.2) is 42.5 Å². The molecule has 1 fully saturated rings. The second-order valence-corrected chi connectivity index (χ2v) is 5.80. The maximum absolute atomic E-state index is 11.5. The number of ether oxygens (including phenoxy) is 2. The van der Waals surface area contributed by atoms with E-state index >= 15 is 0 Å². The highest BCUT2D eigenvalue weighted by molar-refractivity contribution is 5.96. The van der Waals surface area contributed by atoms with Gasteiger partial charge < -0.3 is 14.6 Å². The lowest BCUT2D eigenvalue weighted by atomic mass is 9.98. The first-order valence-corrected chi connectivity index (χ1v) is 7.98. The fourth-order valence-electron chi connectivity index (χ4n) is 2.88. The van der Waals surface area contributed by atoms with Crippen molar-refractivity contribution in [3.63, 3.8) is 0 Å². The number of hydrogen-bond donors (Lipinski definition) is 1. The van der Waals surface area contributed by atoms with Crippen molar-refractivity contribution in [3.8, 4) is 16.9 Å². The second kappa shape index (κ2) is 7.47. The van der Waals surface area contributed by atoms with Gasteiger partial charge in [0.05, 0.1) is 25.9 Å². The molecule has 0 aliphatic carbocycles. The highest BCUT2D eigenvalue weighted by Gasteiger charge is 2.14. The Kier molecular flexibility index (Phi) is 5.13. The zero-order valence-electron chi connectivity index (χ0n) is 13.7. The van der Waals surface area contributed by atoms with Crippen molar-refractivity contribution in [1.29, 1.82) is 0 Å². The summed E-state index contributed by atoms with van der Waals surface area (Å²) in [5.74, 6) is -0.294. The Hall–Kier alpha value is -2.37. The molecule has 5 nitrogen and oxygen atoms in total. The van der Waals surface area contributed by atoms with Gasteiger partial charge in [-0.25, -0.2) is 4.79 Å². The average Bonchev–Trinajstić information content (AvgIpc) is 2.62. The van der Waals surface area contributed by atoms with Crippen molar-refractivity contribution >= 4 is 5.97 Å². The molecule has 0 radical (unpaired) electrons. The van der Waals surface area contributed by atoms with Gasteiger partial charge >= 0.3 is 5.97 Å². The molecule has 2 aromatic rings. The number of benzene rings is 2. The molecule has 0 saturated carbocycles. The fraction of sp³-hybridized carbons (Fsp3) is 0.316. The number of hydrogen-bond acceptors (Lipinski definition) is 4.